The van der Waals surface area contributed by atoms with Gasteiger partial charge in [-0.1, -0.05) is 18.2 Å². The Morgan fingerprint density at radius 2 is 2.17 bits per heavy atom. The molecule has 0 saturated carbocycles. The molecule has 2 nitrogen and oxygen atoms in total. The van der Waals surface area contributed by atoms with Crippen LogP contribution in [0.5, 0.6) is 0 Å². The van der Waals surface area contributed by atoms with Crippen molar-refractivity contribution in [3.63, 3.8) is 0 Å². The van der Waals surface area contributed by atoms with Crippen LogP contribution in [0.25, 0.3) is 0 Å². The van der Waals surface area contributed by atoms with Crippen LogP contribution in [0.4, 0.5) is 0 Å². The van der Waals surface area contributed by atoms with Gasteiger partial charge in [0, 0.05) is 6.16 Å². The maximum absolute atomic E-state index is 11.2. The predicted octanol–water partition coefficient (Wildman–Crippen LogP) is 2.91. The van der Waals surface area contributed by atoms with Crippen LogP contribution in [-0.4, -0.2) is 5.97 Å². The second-order valence-electron chi connectivity index (χ2n) is 2.51. The van der Waals surface area contributed by atoms with E-state index in [1.165, 1.54) is 0 Å². The fraction of sp³-hybridized carbons (Fsp3) is 0.125. The molecule has 12 heavy (non-hydrogen) atoms. The van der Waals surface area contributed by atoms with E-state index in [1.807, 2.05) is 18.2 Å². The predicted molar refractivity (Wildman–Crippen MR) is 48.3 cm³/mol. The number of carbonyl (C=O) groups excluding carboxylic acids is 1. The highest BCUT2D eigenvalue weighted by Gasteiger charge is 2.24. The summed E-state index contributed by atoms with van der Waals surface area (Å²) in [5.74, 6) is -0.294. The quantitative estimate of drug-likeness (QED) is 0.602. The van der Waals surface area contributed by atoms with E-state index in [4.69, 9.17) is 15.8 Å². The minimum absolute atomic E-state index is 0.294. The van der Waals surface area contributed by atoms with Crippen molar-refractivity contribution in [3.05, 3.63) is 35.4 Å². The highest BCUT2D eigenvalue weighted by molar-refractivity contribution is 7.79. The number of rotatable bonds is 0. The minimum atomic E-state index is -1.09. The third-order valence-electron chi connectivity index (χ3n) is 1.71. The van der Waals surface area contributed by atoms with Crippen molar-refractivity contribution in [2.75, 3.05) is 0 Å². The zero-order valence-electron chi connectivity index (χ0n) is 6.16. The van der Waals surface area contributed by atoms with E-state index in [9.17, 15) is 4.79 Å². The smallest absolute Gasteiger partial charge is 0.342 e. The van der Waals surface area contributed by atoms with Gasteiger partial charge in [0.05, 0.1) is 5.56 Å². The van der Waals surface area contributed by atoms with Crippen molar-refractivity contribution in [2.24, 2.45) is 0 Å². The molecule has 1 heterocycles. The van der Waals surface area contributed by atoms with Gasteiger partial charge >= 0.3 is 5.97 Å². The second kappa shape index (κ2) is 3.04. The maximum Gasteiger partial charge on any atom is 0.342 e. The summed E-state index contributed by atoms with van der Waals surface area (Å²) in [7, 11) is -1.09. The summed E-state index contributed by atoms with van der Waals surface area (Å²) in [6, 6.07) is 7.39. The van der Waals surface area contributed by atoms with Crippen molar-refractivity contribution in [1.82, 2.24) is 0 Å². The summed E-state index contributed by atoms with van der Waals surface area (Å²) in [6.07, 6.45) is 0.665. The second-order valence-corrected chi connectivity index (χ2v) is 4.78. The van der Waals surface area contributed by atoms with Gasteiger partial charge in [-0.15, -0.1) is 0 Å². The average Bonchev–Trinajstić information content (AvgIpc) is 2.04. The fourth-order valence-electron chi connectivity index (χ4n) is 1.16. The van der Waals surface area contributed by atoms with Crippen LogP contribution >= 0.6 is 18.7 Å². The molecule has 0 fully saturated rings. The van der Waals surface area contributed by atoms with E-state index in [0.717, 1.165) is 5.56 Å². The molecule has 1 aromatic carbocycles. The first kappa shape index (κ1) is 8.03. The molecule has 0 radical (unpaired) electrons. The average molecular weight is 201 g/mol. The van der Waals surface area contributed by atoms with Gasteiger partial charge in [-0.2, -0.15) is 0 Å². The van der Waals surface area contributed by atoms with Gasteiger partial charge in [0.25, 0.3) is 0 Å². The monoisotopic (exact) mass is 200 g/mol. The zero-order chi connectivity index (χ0) is 8.55. The molecule has 0 aromatic heterocycles. The SMILES string of the molecule is O=C1OP(Cl)Cc2ccccc21. The normalized spacial score (nSPS) is 21.4. The number of carbonyl (C=O) groups is 1. The molecule has 1 aliphatic rings. The highest BCUT2D eigenvalue weighted by atomic mass is 35.7. The molecule has 0 saturated heterocycles. The lowest BCUT2D eigenvalue weighted by Crippen LogP contribution is -2.09. The molecule has 62 valence electrons. The summed E-state index contributed by atoms with van der Waals surface area (Å²) in [4.78, 5) is 11.2. The molecule has 1 unspecified atom stereocenters. The van der Waals surface area contributed by atoms with Crippen molar-refractivity contribution < 1.29 is 9.32 Å². The molecule has 0 amide bonds. The number of halogens is 1. The van der Waals surface area contributed by atoms with Crippen LogP contribution < -0.4 is 0 Å². The van der Waals surface area contributed by atoms with Gasteiger partial charge in [0.15, 0.2) is 7.50 Å². The standard InChI is InChI=1S/C8H6ClO2P/c9-12-5-6-3-1-2-4-7(6)8(10)11-12/h1-4H,5H2. The molecule has 1 atom stereocenters. The summed E-state index contributed by atoms with van der Waals surface area (Å²) < 4.78 is 4.90. The molecule has 2 rings (SSSR count). The van der Waals surface area contributed by atoms with Crippen LogP contribution in [0.3, 0.4) is 0 Å². The molecule has 1 aliphatic heterocycles. The van der Waals surface area contributed by atoms with Crippen LogP contribution in [0, 0.1) is 0 Å². The van der Waals surface area contributed by atoms with E-state index in [2.05, 4.69) is 0 Å². The van der Waals surface area contributed by atoms with Crippen LogP contribution in [-0.2, 0) is 10.7 Å². The van der Waals surface area contributed by atoms with Crippen molar-refractivity contribution in [1.29, 1.82) is 0 Å². The van der Waals surface area contributed by atoms with Crippen molar-refractivity contribution >= 4 is 24.7 Å². The third kappa shape index (κ3) is 1.33. The molecular formula is C8H6ClO2P. The summed E-state index contributed by atoms with van der Waals surface area (Å²) in [6.45, 7) is 0. The molecule has 0 aliphatic carbocycles. The molecule has 0 N–H and O–H groups in total. The molecule has 0 bridgehead atoms. The number of benzene rings is 1. The van der Waals surface area contributed by atoms with Gasteiger partial charge < -0.3 is 4.52 Å². The molecule has 0 spiro atoms. The third-order valence-corrected chi connectivity index (χ3v) is 3.23. The van der Waals surface area contributed by atoms with Crippen LogP contribution in [0.1, 0.15) is 15.9 Å². The Hall–Kier alpha value is -0.590. The van der Waals surface area contributed by atoms with E-state index in [1.54, 1.807) is 6.07 Å². The number of fused-ring (bicyclic) bond motifs is 1. The molecule has 1 aromatic rings. The lowest BCUT2D eigenvalue weighted by atomic mass is 10.1. The van der Waals surface area contributed by atoms with Crippen LogP contribution in [0.15, 0.2) is 24.3 Å². The summed E-state index contributed by atoms with van der Waals surface area (Å²) >= 11 is 5.76. The zero-order valence-corrected chi connectivity index (χ0v) is 7.81. The Bertz CT molecular complexity index is 327. The van der Waals surface area contributed by atoms with Gasteiger partial charge in [-0.05, 0) is 22.9 Å². The van der Waals surface area contributed by atoms with E-state index >= 15 is 0 Å². The first-order valence-electron chi connectivity index (χ1n) is 3.51. The van der Waals surface area contributed by atoms with Crippen molar-refractivity contribution in [3.8, 4) is 0 Å². The Kier molecular flexibility index (Phi) is 2.03. The minimum Gasteiger partial charge on any atom is -0.424 e. The van der Waals surface area contributed by atoms with Crippen LogP contribution in [0.2, 0.25) is 0 Å². The number of hydrogen-bond acceptors (Lipinski definition) is 2. The first-order valence-corrected chi connectivity index (χ1v) is 5.86. The van der Waals surface area contributed by atoms with Gasteiger partial charge in [-0.3, -0.25) is 0 Å². The van der Waals surface area contributed by atoms with Gasteiger partial charge in [-0.25, -0.2) is 4.79 Å². The Balaban J connectivity index is 2.47. The van der Waals surface area contributed by atoms with E-state index in [-0.39, 0.29) is 5.97 Å². The topological polar surface area (TPSA) is 26.3 Å². The number of hydrogen-bond donors (Lipinski definition) is 0. The van der Waals surface area contributed by atoms with E-state index in [0.29, 0.717) is 11.7 Å². The summed E-state index contributed by atoms with van der Waals surface area (Å²) in [5, 5.41) is 0. The lowest BCUT2D eigenvalue weighted by Gasteiger charge is -2.18. The Morgan fingerprint density at radius 3 is 3.00 bits per heavy atom. The molecular weight excluding hydrogens is 195 g/mol. The highest BCUT2D eigenvalue weighted by Crippen LogP contribution is 2.50. The Morgan fingerprint density at radius 1 is 1.42 bits per heavy atom. The first-order chi connectivity index (χ1) is 5.77. The van der Waals surface area contributed by atoms with Gasteiger partial charge in [0.1, 0.15) is 0 Å². The largest absolute Gasteiger partial charge is 0.424 e. The molecule has 4 heteroatoms. The lowest BCUT2D eigenvalue weighted by molar-refractivity contribution is 0.0751. The maximum atomic E-state index is 11.2. The van der Waals surface area contributed by atoms with E-state index < -0.39 is 7.50 Å². The summed E-state index contributed by atoms with van der Waals surface area (Å²) in [5.41, 5.74) is 1.65. The van der Waals surface area contributed by atoms with Gasteiger partial charge in [0.2, 0.25) is 0 Å². The fourth-order valence-corrected chi connectivity index (χ4v) is 2.62. The Labute approximate surface area is 76.1 Å². The van der Waals surface area contributed by atoms with Crippen molar-refractivity contribution in [2.45, 2.75) is 6.16 Å².